The molecule has 112 valence electrons. The van der Waals surface area contributed by atoms with Crippen LogP contribution in [0.15, 0.2) is 29.2 Å². The number of benzene rings is 1. The van der Waals surface area contributed by atoms with E-state index in [2.05, 4.69) is 0 Å². The molecule has 0 aliphatic carbocycles. The summed E-state index contributed by atoms with van der Waals surface area (Å²) < 4.78 is 76.6. The third-order valence-electron chi connectivity index (χ3n) is 3.25. The van der Waals surface area contributed by atoms with Gasteiger partial charge in [-0.15, -0.1) is 0 Å². The van der Waals surface area contributed by atoms with Crippen LogP contribution in [0.4, 0.5) is 17.6 Å². The lowest BCUT2D eigenvalue weighted by Crippen LogP contribution is -2.51. The molecule has 1 aromatic carbocycles. The summed E-state index contributed by atoms with van der Waals surface area (Å²) in [5, 5.41) is 0. The highest BCUT2D eigenvalue weighted by atomic mass is 32.2. The predicted molar refractivity (Wildman–Crippen MR) is 64.0 cm³/mol. The predicted octanol–water partition coefficient (Wildman–Crippen LogP) is 2.93. The molecule has 1 aliphatic heterocycles. The van der Waals surface area contributed by atoms with Gasteiger partial charge in [0.1, 0.15) is 11.9 Å². The van der Waals surface area contributed by atoms with E-state index in [1.54, 1.807) is 0 Å². The minimum absolute atomic E-state index is 0.177. The van der Waals surface area contributed by atoms with Crippen molar-refractivity contribution in [2.24, 2.45) is 0 Å². The van der Waals surface area contributed by atoms with Crippen LogP contribution in [0, 0.1) is 5.82 Å². The molecule has 0 bridgehead atoms. The number of hydrogen-bond acceptors (Lipinski definition) is 2. The highest BCUT2D eigenvalue weighted by molar-refractivity contribution is 7.89. The summed E-state index contributed by atoms with van der Waals surface area (Å²) >= 11 is 0. The quantitative estimate of drug-likeness (QED) is 0.788. The van der Waals surface area contributed by atoms with Crippen LogP contribution in [0.25, 0.3) is 0 Å². The molecule has 2 rings (SSSR count). The summed E-state index contributed by atoms with van der Waals surface area (Å²) in [6, 6.07) is 1.78. The summed E-state index contributed by atoms with van der Waals surface area (Å²) in [5.74, 6) is -0.644. The number of halogens is 4. The summed E-state index contributed by atoms with van der Waals surface area (Å²) in [6.07, 6.45) is -4.13. The molecule has 1 fully saturated rings. The summed E-state index contributed by atoms with van der Waals surface area (Å²) in [6.45, 7) is -0.177. The van der Waals surface area contributed by atoms with Crippen molar-refractivity contribution in [3.63, 3.8) is 0 Å². The van der Waals surface area contributed by atoms with Gasteiger partial charge in [-0.3, -0.25) is 0 Å². The number of rotatable bonds is 2. The molecule has 0 N–H and O–H groups in total. The van der Waals surface area contributed by atoms with Crippen molar-refractivity contribution < 1.29 is 26.0 Å². The van der Waals surface area contributed by atoms with Gasteiger partial charge in [0.05, 0.1) is 4.90 Å². The lowest BCUT2D eigenvalue weighted by molar-refractivity contribution is -0.177. The second-order valence-electron chi connectivity index (χ2n) is 4.62. The van der Waals surface area contributed by atoms with E-state index in [-0.39, 0.29) is 17.9 Å². The fourth-order valence-corrected chi connectivity index (χ4v) is 3.94. The van der Waals surface area contributed by atoms with Gasteiger partial charge in [0.2, 0.25) is 10.0 Å². The highest BCUT2D eigenvalue weighted by Crippen LogP contribution is 2.35. The zero-order valence-electron chi connectivity index (χ0n) is 10.4. The van der Waals surface area contributed by atoms with Crippen molar-refractivity contribution in [1.29, 1.82) is 0 Å². The van der Waals surface area contributed by atoms with E-state index in [1.807, 2.05) is 0 Å². The Morgan fingerprint density at radius 2 is 1.70 bits per heavy atom. The Balaban J connectivity index is 2.38. The zero-order valence-corrected chi connectivity index (χ0v) is 11.2. The molecular weight excluding hydrogens is 298 g/mol. The van der Waals surface area contributed by atoms with Crippen molar-refractivity contribution in [2.75, 3.05) is 6.54 Å². The standard InChI is InChI=1S/C12H13F4NO2S/c13-9-4-6-10(7-5-9)20(18,19)17-8-2-1-3-11(17)12(14,15)16/h4-7,11H,1-3,8H2. The van der Waals surface area contributed by atoms with Gasteiger partial charge in [-0.2, -0.15) is 17.5 Å². The van der Waals surface area contributed by atoms with E-state index in [4.69, 9.17) is 0 Å². The molecule has 0 saturated carbocycles. The van der Waals surface area contributed by atoms with Gasteiger partial charge < -0.3 is 0 Å². The van der Waals surface area contributed by atoms with Crippen molar-refractivity contribution in [3.05, 3.63) is 30.1 Å². The lowest BCUT2D eigenvalue weighted by atomic mass is 10.1. The first kappa shape index (κ1) is 15.2. The number of piperidine rings is 1. The molecule has 8 heteroatoms. The van der Waals surface area contributed by atoms with Gasteiger partial charge in [-0.25, -0.2) is 12.8 Å². The molecule has 1 aliphatic rings. The molecule has 0 aromatic heterocycles. The first-order valence-electron chi connectivity index (χ1n) is 6.07. The van der Waals surface area contributed by atoms with Gasteiger partial charge >= 0.3 is 6.18 Å². The van der Waals surface area contributed by atoms with Crippen molar-refractivity contribution in [2.45, 2.75) is 36.4 Å². The summed E-state index contributed by atoms with van der Waals surface area (Å²) in [5.41, 5.74) is 0. The molecule has 1 aromatic rings. The smallest absolute Gasteiger partial charge is 0.207 e. The first-order valence-corrected chi connectivity index (χ1v) is 7.51. The molecule has 20 heavy (non-hydrogen) atoms. The molecular formula is C12H13F4NO2S. The molecule has 1 saturated heterocycles. The van der Waals surface area contributed by atoms with Gasteiger partial charge in [-0.1, -0.05) is 6.42 Å². The molecule has 0 amide bonds. The average Bonchev–Trinajstić information content (AvgIpc) is 2.38. The minimum atomic E-state index is -4.60. The van der Waals surface area contributed by atoms with Crippen LogP contribution in [0.5, 0.6) is 0 Å². The van der Waals surface area contributed by atoms with Crippen LogP contribution in [-0.2, 0) is 10.0 Å². The Morgan fingerprint density at radius 3 is 2.25 bits per heavy atom. The van der Waals surface area contributed by atoms with Gasteiger partial charge in [-0.05, 0) is 37.1 Å². The van der Waals surface area contributed by atoms with E-state index in [1.165, 1.54) is 0 Å². The monoisotopic (exact) mass is 311 g/mol. The zero-order chi connectivity index (χ0) is 15.0. The van der Waals surface area contributed by atoms with E-state index in [0.717, 1.165) is 24.3 Å². The molecule has 1 heterocycles. The van der Waals surface area contributed by atoms with Crippen LogP contribution in [-0.4, -0.2) is 31.5 Å². The number of alkyl halides is 3. The maximum atomic E-state index is 12.9. The highest BCUT2D eigenvalue weighted by Gasteiger charge is 2.48. The van der Waals surface area contributed by atoms with Crippen molar-refractivity contribution in [3.8, 4) is 0 Å². The van der Waals surface area contributed by atoms with Crippen molar-refractivity contribution in [1.82, 2.24) is 4.31 Å². The maximum absolute atomic E-state index is 12.9. The van der Waals surface area contributed by atoms with E-state index in [0.29, 0.717) is 17.1 Å². The van der Waals surface area contributed by atoms with Crippen LogP contribution in [0.1, 0.15) is 19.3 Å². The summed E-state index contributed by atoms with van der Waals surface area (Å²) in [4.78, 5) is -0.324. The fraction of sp³-hybridized carbons (Fsp3) is 0.500. The third-order valence-corrected chi connectivity index (χ3v) is 5.17. The van der Waals surface area contributed by atoms with E-state index >= 15 is 0 Å². The van der Waals surface area contributed by atoms with Crippen molar-refractivity contribution >= 4 is 10.0 Å². The third kappa shape index (κ3) is 2.95. The van der Waals surface area contributed by atoms with Gasteiger partial charge in [0, 0.05) is 6.54 Å². The summed E-state index contributed by atoms with van der Waals surface area (Å²) in [7, 11) is -4.26. The van der Waals surface area contributed by atoms with Crippen LogP contribution >= 0.6 is 0 Å². The molecule has 1 unspecified atom stereocenters. The number of sulfonamides is 1. The Morgan fingerprint density at radius 1 is 1.10 bits per heavy atom. The largest absolute Gasteiger partial charge is 0.405 e. The Bertz CT molecular complexity index is 568. The molecule has 0 radical (unpaired) electrons. The van der Waals surface area contributed by atoms with Gasteiger partial charge in [0.15, 0.2) is 0 Å². The molecule has 1 atom stereocenters. The van der Waals surface area contributed by atoms with Crippen LogP contribution in [0.2, 0.25) is 0 Å². The molecule has 0 spiro atoms. The van der Waals surface area contributed by atoms with Crippen LogP contribution < -0.4 is 0 Å². The number of nitrogens with zero attached hydrogens (tertiary/aromatic N) is 1. The Labute approximate surface area is 114 Å². The Hall–Kier alpha value is -1.15. The van der Waals surface area contributed by atoms with E-state index in [9.17, 15) is 26.0 Å². The SMILES string of the molecule is O=S(=O)(c1ccc(F)cc1)N1CCCCC1C(F)(F)F. The number of hydrogen-bond donors (Lipinski definition) is 0. The van der Waals surface area contributed by atoms with E-state index < -0.39 is 28.1 Å². The second kappa shape index (κ2) is 5.33. The normalized spacial score (nSPS) is 21.9. The molecule has 3 nitrogen and oxygen atoms in total. The Kier molecular flexibility index (Phi) is 4.06. The van der Waals surface area contributed by atoms with Gasteiger partial charge in [0.25, 0.3) is 0 Å². The maximum Gasteiger partial charge on any atom is 0.405 e. The topological polar surface area (TPSA) is 37.4 Å². The second-order valence-corrected chi connectivity index (χ2v) is 6.51. The fourth-order valence-electron chi connectivity index (χ4n) is 2.26. The first-order chi connectivity index (χ1) is 9.23. The van der Waals surface area contributed by atoms with Crippen LogP contribution in [0.3, 0.4) is 0 Å². The lowest BCUT2D eigenvalue weighted by Gasteiger charge is -2.35. The average molecular weight is 311 g/mol. The minimum Gasteiger partial charge on any atom is -0.207 e.